The van der Waals surface area contributed by atoms with Gasteiger partial charge in [-0.05, 0) is 43.9 Å². The minimum Gasteiger partial charge on any atom is -0.355 e. The van der Waals surface area contributed by atoms with Crippen molar-refractivity contribution in [1.29, 1.82) is 0 Å². The number of hydrogen-bond donors (Lipinski definition) is 2. The monoisotopic (exact) mass is 324 g/mol. The summed E-state index contributed by atoms with van der Waals surface area (Å²) in [5.41, 5.74) is -0.0293. The van der Waals surface area contributed by atoms with Gasteiger partial charge in [-0.3, -0.25) is 9.59 Å². The first-order chi connectivity index (χ1) is 10.2. The van der Waals surface area contributed by atoms with E-state index in [1.165, 1.54) is 0 Å². The minimum atomic E-state index is -1.08. The number of benzene rings is 1. The van der Waals surface area contributed by atoms with Crippen molar-refractivity contribution in [1.82, 2.24) is 10.6 Å². The SMILES string of the molecule is CC(C)CNC(=O)C(C)(C)C(=O)NCCc1cccc(Cl)c1. The average Bonchev–Trinajstić information content (AvgIpc) is 2.44. The molecule has 0 bridgehead atoms. The molecule has 0 atom stereocenters. The highest BCUT2D eigenvalue weighted by Gasteiger charge is 2.35. The van der Waals surface area contributed by atoms with E-state index in [-0.39, 0.29) is 11.8 Å². The summed E-state index contributed by atoms with van der Waals surface area (Å²) in [6, 6.07) is 7.52. The molecule has 0 aromatic heterocycles. The van der Waals surface area contributed by atoms with E-state index >= 15 is 0 Å². The molecule has 4 nitrogen and oxygen atoms in total. The van der Waals surface area contributed by atoms with Crippen LogP contribution in [0.2, 0.25) is 5.02 Å². The first-order valence-corrected chi connectivity index (χ1v) is 7.92. The molecule has 5 heteroatoms. The van der Waals surface area contributed by atoms with E-state index in [1.807, 2.05) is 38.1 Å². The summed E-state index contributed by atoms with van der Waals surface area (Å²) < 4.78 is 0. The fourth-order valence-electron chi connectivity index (χ4n) is 1.85. The van der Waals surface area contributed by atoms with Crippen molar-refractivity contribution in [2.24, 2.45) is 11.3 Å². The third-order valence-corrected chi connectivity index (χ3v) is 3.63. The van der Waals surface area contributed by atoms with Crippen molar-refractivity contribution >= 4 is 23.4 Å². The summed E-state index contributed by atoms with van der Waals surface area (Å²) in [4.78, 5) is 24.3. The van der Waals surface area contributed by atoms with E-state index in [0.29, 0.717) is 30.5 Å². The van der Waals surface area contributed by atoms with Crippen molar-refractivity contribution in [3.8, 4) is 0 Å². The van der Waals surface area contributed by atoms with Crippen LogP contribution in [0.1, 0.15) is 33.3 Å². The summed E-state index contributed by atoms with van der Waals surface area (Å²) in [5.74, 6) is -0.164. The molecule has 2 amide bonds. The van der Waals surface area contributed by atoms with Crippen molar-refractivity contribution < 1.29 is 9.59 Å². The highest BCUT2D eigenvalue weighted by molar-refractivity contribution is 6.30. The molecule has 0 aliphatic heterocycles. The number of halogens is 1. The van der Waals surface area contributed by atoms with Crippen molar-refractivity contribution in [2.45, 2.75) is 34.1 Å². The standard InChI is InChI=1S/C17H25ClN2O2/c1-12(2)11-20-16(22)17(3,4)15(21)19-9-8-13-6-5-7-14(18)10-13/h5-7,10,12H,8-9,11H2,1-4H3,(H,19,21)(H,20,22). The number of hydrogen-bond acceptors (Lipinski definition) is 2. The van der Waals surface area contributed by atoms with Gasteiger partial charge >= 0.3 is 0 Å². The van der Waals surface area contributed by atoms with Crippen LogP contribution in [-0.4, -0.2) is 24.9 Å². The molecular weight excluding hydrogens is 300 g/mol. The zero-order valence-electron chi connectivity index (χ0n) is 13.7. The number of carbonyl (C=O) groups is 2. The summed E-state index contributed by atoms with van der Waals surface area (Å²) in [7, 11) is 0. The molecule has 0 aliphatic rings. The Balaban J connectivity index is 2.47. The molecule has 22 heavy (non-hydrogen) atoms. The number of amides is 2. The Morgan fingerprint density at radius 1 is 1.18 bits per heavy atom. The van der Waals surface area contributed by atoms with Gasteiger partial charge < -0.3 is 10.6 Å². The molecule has 0 fully saturated rings. The highest BCUT2D eigenvalue weighted by atomic mass is 35.5. The Morgan fingerprint density at radius 2 is 1.82 bits per heavy atom. The average molecular weight is 325 g/mol. The zero-order valence-corrected chi connectivity index (χ0v) is 14.5. The lowest BCUT2D eigenvalue weighted by Gasteiger charge is -2.23. The molecule has 1 aromatic rings. The second-order valence-electron chi connectivity index (χ2n) is 6.36. The molecule has 0 unspecified atom stereocenters. The molecule has 0 saturated carbocycles. The van der Waals surface area contributed by atoms with E-state index < -0.39 is 5.41 Å². The van der Waals surface area contributed by atoms with Crippen LogP contribution in [0.15, 0.2) is 24.3 Å². The quantitative estimate of drug-likeness (QED) is 0.758. The van der Waals surface area contributed by atoms with Crippen molar-refractivity contribution in [3.05, 3.63) is 34.9 Å². The maximum atomic E-state index is 12.2. The second-order valence-corrected chi connectivity index (χ2v) is 6.80. The van der Waals surface area contributed by atoms with Gasteiger partial charge in [0, 0.05) is 18.1 Å². The fraction of sp³-hybridized carbons (Fsp3) is 0.529. The minimum absolute atomic E-state index is 0.249. The first-order valence-electron chi connectivity index (χ1n) is 7.54. The third-order valence-electron chi connectivity index (χ3n) is 3.39. The lowest BCUT2D eigenvalue weighted by atomic mass is 9.90. The van der Waals surface area contributed by atoms with Crippen LogP contribution in [-0.2, 0) is 16.0 Å². The van der Waals surface area contributed by atoms with Crippen LogP contribution in [0.25, 0.3) is 0 Å². The molecule has 2 N–H and O–H groups in total. The van der Waals surface area contributed by atoms with Gasteiger partial charge in [-0.1, -0.05) is 37.6 Å². The zero-order chi connectivity index (χ0) is 16.8. The highest BCUT2D eigenvalue weighted by Crippen LogP contribution is 2.16. The molecular formula is C17H25ClN2O2. The van der Waals surface area contributed by atoms with Gasteiger partial charge in [0.1, 0.15) is 5.41 Å². The van der Waals surface area contributed by atoms with Crippen LogP contribution >= 0.6 is 11.6 Å². The molecule has 122 valence electrons. The molecule has 0 heterocycles. The fourth-order valence-corrected chi connectivity index (χ4v) is 2.07. The Bertz CT molecular complexity index is 527. The van der Waals surface area contributed by atoms with Gasteiger partial charge in [0.25, 0.3) is 0 Å². The number of carbonyl (C=O) groups excluding carboxylic acids is 2. The molecule has 0 radical (unpaired) electrons. The topological polar surface area (TPSA) is 58.2 Å². The van der Waals surface area contributed by atoms with E-state index in [4.69, 9.17) is 11.6 Å². The summed E-state index contributed by atoms with van der Waals surface area (Å²) in [6.07, 6.45) is 0.677. The van der Waals surface area contributed by atoms with Crippen LogP contribution in [0.5, 0.6) is 0 Å². The number of rotatable bonds is 7. The van der Waals surface area contributed by atoms with E-state index in [2.05, 4.69) is 10.6 Å². The molecule has 1 aromatic carbocycles. The van der Waals surface area contributed by atoms with Gasteiger partial charge in [-0.15, -0.1) is 0 Å². The maximum Gasteiger partial charge on any atom is 0.235 e. The van der Waals surface area contributed by atoms with Gasteiger partial charge in [0.2, 0.25) is 11.8 Å². The normalized spacial score (nSPS) is 11.4. The van der Waals surface area contributed by atoms with E-state index in [9.17, 15) is 9.59 Å². The van der Waals surface area contributed by atoms with Gasteiger partial charge in [-0.25, -0.2) is 0 Å². The van der Waals surface area contributed by atoms with Crippen LogP contribution in [0.4, 0.5) is 0 Å². The van der Waals surface area contributed by atoms with E-state index in [0.717, 1.165) is 5.56 Å². The van der Waals surface area contributed by atoms with Crippen molar-refractivity contribution in [3.63, 3.8) is 0 Å². The van der Waals surface area contributed by atoms with Crippen LogP contribution in [0, 0.1) is 11.3 Å². The predicted molar refractivity (Wildman–Crippen MR) is 89.8 cm³/mol. The molecule has 0 aliphatic carbocycles. The van der Waals surface area contributed by atoms with Crippen LogP contribution < -0.4 is 10.6 Å². The smallest absolute Gasteiger partial charge is 0.235 e. The van der Waals surface area contributed by atoms with Gasteiger partial charge in [-0.2, -0.15) is 0 Å². The summed E-state index contributed by atoms with van der Waals surface area (Å²) >= 11 is 5.92. The Hall–Kier alpha value is -1.55. The molecule has 1 rings (SSSR count). The van der Waals surface area contributed by atoms with Gasteiger partial charge in [0.05, 0.1) is 0 Å². The summed E-state index contributed by atoms with van der Waals surface area (Å²) in [6.45, 7) is 8.34. The largest absolute Gasteiger partial charge is 0.355 e. The van der Waals surface area contributed by atoms with Gasteiger partial charge in [0.15, 0.2) is 0 Å². The van der Waals surface area contributed by atoms with Crippen LogP contribution in [0.3, 0.4) is 0 Å². The summed E-state index contributed by atoms with van der Waals surface area (Å²) in [5, 5.41) is 6.30. The van der Waals surface area contributed by atoms with E-state index in [1.54, 1.807) is 13.8 Å². The third kappa shape index (κ3) is 5.68. The Morgan fingerprint density at radius 3 is 2.41 bits per heavy atom. The molecule has 0 spiro atoms. The van der Waals surface area contributed by atoms with Crippen molar-refractivity contribution in [2.75, 3.05) is 13.1 Å². The first kappa shape index (κ1) is 18.5. The predicted octanol–water partition coefficient (Wildman–Crippen LogP) is 2.80. The number of nitrogens with one attached hydrogen (secondary N) is 2. The second kappa shape index (κ2) is 8.18. The lowest BCUT2D eigenvalue weighted by molar-refractivity contribution is -0.141. The Kier molecular flexibility index (Phi) is 6.88. The molecule has 0 saturated heterocycles. The Labute approximate surface area is 137 Å². The lowest BCUT2D eigenvalue weighted by Crippen LogP contribution is -2.48. The maximum absolute atomic E-state index is 12.2.